The number of esters is 1. The first-order valence-corrected chi connectivity index (χ1v) is 7.30. The SMILES string of the molecule is COC(=O)[C@H](NS(=O)C(C)(C)C)c1ccc(Cl)cc1. The molecule has 0 aliphatic carbocycles. The number of methoxy groups -OCH3 is 1. The predicted octanol–water partition coefficient (Wildman–Crippen LogP) is 2.61. The van der Waals surface area contributed by atoms with Crippen molar-refractivity contribution in [1.82, 2.24) is 4.72 Å². The molecule has 0 saturated heterocycles. The number of halogens is 1. The van der Waals surface area contributed by atoms with Gasteiger partial charge in [-0.05, 0) is 38.5 Å². The summed E-state index contributed by atoms with van der Waals surface area (Å²) in [7, 11) is -0.0807. The molecule has 1 aromatic rings. The zero-order chi connectivity index (χ0) is 14.6. The van der Waals surface area contributed by atoms with Gasteiger partial charge in [-0.3, -0.25) is 0 Å². The molecule has 0 aliphatic rings. The van der Waals surface area contributed by atoms with Crippen molar-refractivity contribution in [2.24, 2.45) is 0 Å². The van der Waals surface area contributed by atoms with Crippen LogP contribution in [0.2, 0.25) is 5.02 Å². The van der Waals surface area contributed by atoms with Crippen LogP contribution >= 0.6 is 11.6 Å². The van der Waals surface area contributed by atoms with Gasteiger partial charge in [-0.1, -0.05) is 23.7 Å². The third-order valence-electron chi connectivity index (χ3n) is 2.42. The molecule has 1 unspecified atom stereocenters. The minimum absolute atomic E-state index is 0.474. The number of rotatable bonds is 4. The van der Waals surface area contributed by atoms with E-state index in [2.05, 4.69) is 4.72 Å². The standard InChI is InChI=1S/C13H18ClNO3S/c1-13(2,3)19(17)15-11(12(16)18-4)9-5-7-10(14)8-6-9/h5-8,11,15H,1-4H3/t11-,19?/m1/s1. The molecule has 4 nitrogen and oxygen atoms in total. The quantitative estimate of drug-likeness (QED) is 0.870. The summed E-state index contributed by atoms with van der Waals surface area (Å²) >= 11 is 5.81. The Labute approximate surface area is 121 Å². The molecule has 0 fully saturated rings. The van der Waals surface area contributed by atoms with E-state index in [9.17, 15) is 9.00 Å². The minimum atomic E-state index is -1.38. The fourth-order valence-electron chi connectivity index (χ4n) is 1.31. The molecule has 0 spiro atoms. The third-order valence-corrected chi connectivity index (χ3v) is 4.24. The van der Waals surface area contributed by atoms with E-state index in [0.29, 0.717) is 10.6 Å². The van der Waals surface area contributed by atoms with Crippen molar-refractivity contribution in [1.29, 1.82) is 0 Å². The largest absolute Gasteiger partial charge is 0.468 e. The number of ether oxygens (including phenoxy) is 1. The summed E-state index contributed by atoms with van der Waals surface area (Å²) in [5.41, 5.74) is 0.661. The lowest BCUT2D eigenvalue weighted by Gasteiger charge is -2.23. The van der Waals surface area contributed by atoms with Crippen LogP contribution in [0.3, 0.4) is 0 Å². The van der Waals surface area contributed by atoms with Crippen LogP contribution in [0.1, 0.15) is 32.4 Å². The molecule has 0 saturated carbocycles. The van der Waals surface area contributed by atoms with Gasteiger partial charge in [0.05, 0.1) is 22.8 Å². The van der Waals surface area contributed by atoms with E-state index in [1.54, 1.807) is 24.3 Å². The lowest BCUT2D eigenvalue weighted by molar-refractivity contribution is -0.142. The van der Waals surface area contributed by atoms with Gasteiger partial charge >= 0.3 is 5.97 Å². The fraction of sp³-hybridized carbons (Fsp3) is 0.462. The van der Waals surface area contributed by atoms with E-state index in [4.69, 9.17) is 16.3 Å². The van der Waals surface area contributed by atoms with E-state index in [0.717, 1.165) is 0 Å². The first-order valence-electron chi connectivity index (χ1n) is 5.77. The van der Waals surface area contributed by atoms with Crippen LogP contribution in [0, 0.1) is 0 Å². The van der Waals surface area contributed by atoms with Crippen LogP contribution in [0.15, 0.2) is 24.3 Å². The molecule has 0 amide bonds. The van der Waals surface area contributed by atoms with Gasteiger partial charge in [0.2, 0.25) is 0 Å². The monoisotopic (exact) mass is 303 g/mol. The second-order valence-electron chi connectivity index (χ2n) is 5.01. The molecular weight excluding hydrogens is 286 g/mol. The molecule has 6 heteroatoms. The smallest absolute Gasteiger partial charge is 0.328 e. The third kappa shape index (κ3) is 4.60. The molecule has 0 aromatic heterocycles. The number of hydrogen-bond acceptors (Lipinski definition) is 3. The van der Waals surface area contributed by atoms with Gasteiger partial charge in [-0.15, -0.1) is 0 Å². The second kappa shape index (κ2) is 6.50. The summed E-state index contributed by atoms with van der Waals surface area (Å²) in [6, 6.07) is 5.98. The number of hydrogen-bond donors (Lipinski definition) is 1. The number of nitrogens with one attached hydrogen (secondary N) is 1. The lowest BCUT2D eigenvalue weighted by Crippen LogP contribution is -2.39. The summed E-state index contributed by atoms with van der Waals surface area (Å²) in [5.74, 6) is -0.486. The topological polar surface area (TPSA) is 55.4 Å². The van der Waals surface area contributed by atoms with Crippen molar-refractivity contribution in [3.63, 3.8) is 0 Å². The minimum Gasteiger partial charge on any atom is -0.468 e. The van der Waals surface area contributed by atoms with Crippen LogP contribution in [0.5, 0.6) is 0 Å². The summed E-state index contributed by atoms with van der Waals surface area (Å²) in [6.45, 7) is 5.48. The summed E-state index contributed by atoms with van der Waals surface area (Å²) in [4.78, 5) is 11.8. The Morgan fingerprint density at radius 1 is 1.32 bits per heavy atom. The molecule has 106 valence electrons. The molecule has 0 heterocycles. The first-order chi connectivity index (χ1) is 8.75. The Balaban J connectivity index is 2.99. The normalized spacial score (nSPS) is 14.8. The van der Waals surface area contributed by atoms with E-state index in [1.807, 2.05) is 20.8 Å². The highest BCUT2D eigenvalue weighted by atomic mass is 35.5. The average Bonchev–Trinajstić information content (AvgIpc) is 2.35. The zero-order valence-corrected chi connectivity index (χ0v) is 13.0. The van der Waals surface area contributed by atoms with Crippen LogP contribution in [0.25, 0.3) is 0 Å². The predicted molar refractivity (Wildman–Crippen MR) is 77.2 cm³/mol. The van der Waals surface area contributed by atoms with Gasteiger partial charge in [0.1, 0.15) is 6.04 Å². The van der Waals surface area contributed by atoms with E-state index in [-0.39, 0.29) is 0 Å². The molecular formula is C13H18ClNO3S. The Bertz CT molecular complexity index is 468. The average molecular weight is 304 g/mol. The zero-order valence-electron chi connectivity index (χ0n) is 11.4. The van der Waals surface area contributed by atoms with Crippen LogP contribution in [-0.2, 0) is 20.5 Å². The molecule has 2 atom stereocenters. The molecule has 1 N–H and O–H groups in total. The highest BCUT2D eigenvalue weighted by Gasteiger charge is 2.28. The Kier molecular flexibility index (Phi) is 5.52. The van der Waals surface area contributed by atoms with Gasteiger partial charge in [0.25, 0.3) is 0 Å². The molecule has 0 bridgehead atoms. The van der Waals surface area contributed by atoms with Gasteiger partial charge in [0, 0.05) is 5.02 Å². The summed E-state index contributed by atoms with van der Waals surface area (Å²) in [6.07, 6.45) is 0. The molecule has 1 aromatic carbocycles. The van der Waals surface area contributed by atoms with Crippen molar-refractivity contribution in [2.45, 2.75) is 31.6 Å². The Morgan fingerprint density at radius 3 is 2.26 bits per heavy atom. The highest BCUT2D eigenvalue weighted by Crippen LogP contribution is 2.20. The van der Waals surface area contributed by atoms with E-state index < -0.39 is 27.7 Å². The van der Waals surface area contributed by atoms with Gasteiger partial charge < -0.3 is 4.74 Å². The first kappa shape index (κ1) is 16.1. The van der Waals surface area contributed by atoms with Gasteiger partial charge in [-0.25, -0.2) is 13.7 Å². The van der Waals surface area contributed by atoms with Crippen molar-refractivity contribution in [3.05, 3.63) is 34.9 Å². The van der Waals surface area contributed by atoms with Gasteiger partial charge in [-0.2, -0.15) is 0 Å². The van der Waals surface area contributed by atoms with Crippen LogP contribution in [0.4, 0.5) is 0 Å². The Hall–Kier alpha value is -0.910. The van der Waals surface area contributed by atoms with Gasteiger partial charge in [0.15, 0.2) is 0 Å². The molecule has 0 aliphatic heterocycles. The summed E-state index contributed by atoms with van der Waals surface area (Å²) < 4.78 is 19.2. The highest BCUT2D eigenvalue weighted by molar-refractivity contribution is 7.84. The fourth-order valence-corrected chi connectivity index (χ4v) is 2.24. The lowest BCUT2D eigenvalue weighted by atomic mass is 10.1. The maximum Gasteiger partial charge on any atom is 0.328 e. The Morgan fingerprint density at radius 2 is 1.84 bits per heavy atom. The van der Waals surface area contributed by atoms with Crippen molar-refractivity contribution < 1.29 is 13.7 Å². The maximum absolute atomic E-state index is 12.1. The van der Waals surface area contributed by atoms with Crippen molar-refractivity contribution >= 4 is 28.6 Å². The number of carbonyl (C=O) groups excluding carboxylic acids is 1. The van der Waals surface area contributed by atoms with Crippen LogP contribution in [-0.4, -0.2) is 22.0 Å². The maximum atomic E-state index is 12.1. The summed E-state index contributed by atoms with van der Waals surface area (Å²) in [5, 5.41) is 0.573. The number of carbonyl (C=O) groups is 1. The van der Waals surface area contributed by atoms with Crippen molar-refractivity contribution in [2.75, 3.05) is 7.11 Å². The molecule has 0 radical (unpaired) electrons. The molecule has 1 rings (SSSR count). The van der Waals surface area contributed by atoms with E-state index >= 15 is 0 Å². The second-order valence-corrected chi connectivity index (χ2v) is 7.44. The van der Waals surface area contributed by atoms with Crippen molar-refractivity contribution in [3.8, 4) is 0 Å². The number of benzene rings is 1. The molecule has 19 heavy (non-hydrogen) atoms. The van der Waals surface area contributed by atoms with Crippen LogP contribution < -0.4 is 4.72 Å². The van der Waals surface area contributed by atoms with E-state index in [1.165, 1.54) is 7.11 Å².